The van der Waals surface area contributed by atoms with Gasteiger partial charge < -0.3 is 19.8 Å². The molecule has 0 bridgehead atoms. The number of aryl methyl sites for hydroxylation is 1. The number of phosphoric acid groups is 1. The number of hydrogen-bond acceptors (Lipinski definition) is 4. The summed E-state index contributed by atoms with van der Waals surface area (Å²) >= 11 is 0. The van der Waals surface area contributed by atoms with Crippen molar-refractivity contribution in [3.05, 3.63) is 29.8 Å². The second kappa shape index (κ2) is 10.3. The van der Waals surface area contributed by atoms with Crippen molar-refractivity contribution in [1.82, 2.24) is 5.32 Å². The Hall–Kier alpha value is -0.910. The Balaban J connectivity index is 1.68. The Kier molecular flexibility index (Phi) is 8.40. The molecule has 7 heteroatoms. The van der Waals surface area contributed by atoms with E-state index in [9.17, 15) is 4.57 Å². The predicted octanol–water partition coefficient (Wildman–Crippen LogP) is 3.42. The van der Waals surface area contributed by atoms with E-state index in [4.69, 9.17) is 14.5 Å². The molecule has 1 aliphatic heterocycles. The monoisotopic (exact) mass is 371 g/mol. The van der Waals surface area contributed by atoms with E-state index in [0.29, 0.717) is 13.0 Å². The number of unbranched alkanes of at least 4 members (excludes halogenated alkanes) is 4. The lowest BCUT2D eigenvalue weighted by Gasteiger charge is -2.14. The van der Waals surface area contributed by atoms with Crippen LogP contribution in [0.15, 0.2) is 24.3 Å². The Bertz CT molecular complexity index is 545. The minimum Gasteiger partial charge on any atom is -0.489 e. The van der Waals surface area contributed by atoms with Gasteiger partial charge in [0.05, 0.1) is 6.61 Å². The molecule has 0 aromatic heterocycles. The molecule has 1 aromatic rings. The average Bonchev–Trinajstić information content (AvgIpc) is 3.01. The number of benzene rings is 1. The first-order chi connectivity index (χ1) is 12.0. The number of nitrogens with one attached hydrogen (secondary N) is 1. The lowest BCUT2D eigenvalue weighted by atomic mass is 10.1. The Morgan fingerprint density at radius 2 is 1.88 bits per heavy atom. The number of rotatable bonds is 11. The van der Waals surface area contributed by atoms with Crippen LogP contribution in [0.5, 0.6) is 5.75 Å². The van der Waals surface area contributed by atoms with Gasteiger partial charge in [-0.3, -0.25) is 4.52 Å². The fourth-order valence-electron chi connectivity index (χ4n) is 3.05. The number of phosphoric ester groups is 1. The third kappa shape index (κ3) is 8.34. The minimum absolute atomic E-state index is 0.00901. The topological polar surface area (TPSA) is 88.0 Å². The molecule has 0 amide bonds. The van der Waals surface area contributed by atoms with E-state index >= 15 is 0 Å². The van der Waals surface area contributed by atoms with Crippen LogP contribution in [0, 0.1) is 0 Å². The van der Waals surface area contributed by atoms with Crippen molar-refractivity contribution >= 4 is 7.82 Å². The van der Waals surface area contributed by atoms with Crippen LogP contribution in [0.4, 0.5) is 0 Å². The van der Waals surface area contributed by atoms with Crippen LogP contribution in [0.3, 0.4) is 0 Å². The molecule has 3 N–H and O–H groups in total. The molecule has 6 nitrogen and oxygen atoms in total. The summed E-state index contributed by atoms with van der Waals surface area (Å²) < 4.78 is 21.2. The van der Waals surface area contributed by atoms with Gasteiger partial charge in [-0.1, -0.05) is 44.7 Å². The lowest BCUT2D eigenvalue weighted by Crippen LogP contribution is -2.26. The highest BCUT2D eigenvalue weighted by Gasteiger charge is 2.28. The molecule has 1 saturated heterocycles. The van der Waals surface area contributed by atoms with Gasteiger partial charge >= 0.3 is 7.82 Å². The van der Waals surface area contributed by atoms with Gasteiger partial charge in [0.1, 0.15) is 11.9 Å². The molecular formula is C18H30NO5P. The van der Waals surface area contributed by atoms with Gasteiger partial charge in [0.15, 0.2) is 0 Å². The quantitative estimate of drug-likeness (QED) is 0.408. The van der Waals surface area contributed by atoms with Gasteiger partial charge in [0.2, 0.25) is 0 Å². The second-order valence-corrected chi connectivity index (χ2v) is 7.91. The lowest BCUT2D eigenvalue weighted by molar-refractivity contribution is 0.173. The van der Waals surface area contributed by atoms with Crippen LogP contribution >= 0.6 is 7.82 Å². The van der Waals surface area contributed by atoms with E-state index in [1.165, 1.54) is 37.7 Å². The van der Waals surface area contributed by atoms with Gasteiger partial charge in [-0.25, -0.2) is 4.57 Å². The summed E-state index contributed by atoms with van der Waals surface area (Å²) in [6.45, 7) is 2.86. The fourth-order valence-corrected chi connectivity index (χ4v) is 3.42. The smallest absolute Gasteiger partial charge is 0.469 e. The zero-order valence-electron chi connectivity index (χ0n) is 14.9. The van der Waals surface area contributed by atoms with Crippen LogP contribution in [-0.4, -0.2) is 35.1 Å². The molecule has 1 heterocycles. The molecule has 0 saturated carbocycles. The maximum atomic E-state index is 10.7. The highest BCUT2D eigenvalue weighted by molar-refractivity contribution is 7.46. The molecule has 142 valence electrons. The number of hydrogen-bond donors (Lipinski definition) is 3. The third-order valence-electron chi connectivity index (χ3n) is 4.42. The van der Waals surface area contributed by atoms with Crippen LogP contribution in [-0.2, 0) is 15.5 Å². The Morgan fingerprint density at radius 3 is 2.56 bits per heavy atom. The van der Waals surface area contributed by atoms with Gasteiger partial charge in [-0.2, -0.15) is 0 Å². The van der Waals surface area contributed by atoms with Gasteiger partial charge in [0, 0.05) is 19.0 Å². The largest absolute Gasteiger partial charge is 0.489 e. The van der Waals surface area contributed by atoms with Crippen molar-refractivity contribution in [2.24, 2.45) is 0 Å². The molecule has 2 atom stereocenters. The fraction of sp³-hybridized carbons (Fsp3) is 0.667. The first-order valence-electron chi connectivity index (χ1n) is 9.15. The average molecular weight is 371 g/mol. The van der Waals surface area contributed by atoms with Gasteiger partial charge in [-0.05, 0) is 30.5 Å². The standard InChI is InChI=1S/C18H30NO5P/c1-2-3-4-5-6-7-15-8-10-17(11-9-15)24-18-12-16(19-13-18)14-23-25(20,21)22/h8-11,16,18-19H,2-7,12-14H2,1H3,(H2,20,21,22)/t16-,18?/m0/s1. The molecule has 1 unspecified atom stereocenters. The molecule has 1 fully saturated rings. The molecule has 1 aromatic carbocycles. The SMILES string of the molecule is CCCCCCCc1ccc(OC2CN[C@H](COP(=O)(O)O)C2)cc1. The van der Waals surface area contributed by atoms with Crippen molar-refractivity contribution < 1.29 is 23.6 Å². The normalized spacial score (nSPS) is 20.8. The molecule has 0 aliphatic carbocycles. The molecule has 0 radical (unpaired) electrons. The number of ether oxygens (including phenoxy) is 1. The van der Waals surface area contributed by atoms with E-state index in [2.05, 4.69) is 28.9 Å². The van der Waals surface area contributed by atoms with Crippen molar-refractivity contribution in [2.45, 2.75) is 64.0 Å². The van der Waals surface area contributed by atoms with Crippen LogP contribution in [0.25, 0.3) is 0 Å². The van der Waals surface area contributed by atoms with Crippen LogP contribution in [0.1, 0.15) is 51.0 Å². The van der Waals surface area contributed by atoms with Crippen LogP contribution in [0.2, 0.25) is 0 Å². The minimum atomic E-state index is -4.41. The highest BCUT2D eigenvalue weighted by atomic mass is 31.2. The van der Waals surface area contributed by atoms with E-state index < -0.39 is 7.82 Å². The first-order valence-corrected chi connectivity index (χ1v) is 10.7. The maximum Gasteiger partial charge on any atom is 0.469 e. The zero-order chi connectivity index (χ0) is 18.1. The van der Waals surface area contributed by atoms with Crippen molar-refractivity contribution in [2.75, 3.05) is 13.2 Å². The van der Waals surface area contributed by atoms with Crippen molar-refractivity contribution in [3.8, 4) is 5.75 Å². The van der Waals surface area contributed by atoms with E-state index in [1.807, 2.05) is 12.1 Å². The maximum absolute atomic E-state index is 10.7. The van der Waals surface area contributed by atoms with Crippen molar-refractivity contribution in [3.63, 3.8) is 0 Å². The van der Waals surface area contributed by atoms with E-state index in [-0.39, 0.29) is 18.8 Å². The highest BCUT2D eigenvalue weighted by Crippen LogP contribution is 2.36. The summed E-state index contributed by atoms with van der Waals surface area (Å²) in [5.74, 6) is 0.832. The van der Waals surface area contributed by atoms with Crippen LogP contribution < -0.4 is 10.1 Å². The molecular weight excluding hydrogens is 341 g/mol. The summed E-state index contributed by atoms with van der Waals surface area (Å²) in [6.07, 6.45) is 8.20. The van der Waals surface area contributed by atoms with Gasteiger partial charge in [0.25, 0.3) is 0 Å². The van der Waals surface area contributed by atoms with E-state index in [1.54, 1.807) is 0 Å². The summed E-state index contributed by atoms with van der Waals surface area (Å²) in [7, 11) is -4.41. The zero-order valence-corrected chi connectivity index (χ0v) is 15.8. The molecule has 1 aliphatic rings. The van der Waals surface area contributed by atoms with E-state index in [0.717, 1.165) is 12.2 Å². The summed E-state index contributed by atoms with van der Waals surface area (Å²) in [5.41, 5.74) is 1.33. The third-order valence-corrected chi connectivity index (χ3v) is 4.91. The second-order valence-electron chi connectivity index (χ2n) is 6.68. The molecule has 0 spiro atoms. The predicted molar refractivity (Wildman–Crippen MR) is 97.7 cm³/mol. The van der Waals surface area contributed by atoms with Crippen molar-refractivity contribution in [1.29, 1.82) is 0 Å². The first kappa shape index (κ1) is 20.4. The Morgan fingerprint density at radius 1 is 1.16 bits per heavy atom. The summed E-state index contributed by atoms with van der Waals surface area (Å²) in [4.78, 5) is 17.5. The molecule has 25 heavy (non-hydrogen) atoms. The molecule has 2 rings (SSSR count). The summed E-state index contributed by atoms with van der Waals surface area (Å²) in [6, 6.07) is 8.14. The summed E-state index contributed by atoms with van der Waals surface area (Å²) in [5, 5.41) is 3.16. The Labute approximate surface area is 150 Å². The van der Waals surface area contributed by atoms with Gasteiger partial charge in [-0.15, -0.1) is 0 Å².